The molecule has 0 radical (unpaired) electrons. The van der Waals surface area contributed by atoms with Gasteiger partial charge in [0.15, 0.2) is 0 Å². The van der Waals surface area contributed by atoms with Crippen molar-refractivity contribution in [3.05, 3.63) is 58.6 Å². The first kappa shape index (κ1) is 14.5. The highest BCUT2D eigenvalue weighted by Crippen LogP contribution is 2.19. The van der Waals surface area contributed by atoms with Crippen molar-refractivity contribution in [3.63, 3.8) is 0 Å². The van der Waals surface area contributed by atoms with Gasteiger partial charge in [0.1, 0.15) is 0 Å². The van der Waals surface area contributed by atoms with E-state index in [4.69, 9.17) is 5.73 Å². The first-order valence-electron chi connectivity index (χ1n) is 5.57. The minimum Gasteiger partial charge on any atom is -0.366 e. The van der Waals surface area contributed by atoms with Gasteiger partial charge in [0.05, 0.1) is 4.90 Å². The van der Waals surface area contributed by atoms with Gasteiger partial charge in [-0.05, 0) is 42.5 Å². The van der Waals surface area contributed by atoms with Gasteiger partial charge in [-0.25, -0.2) is 8.42 Å². The standard InChI is InChI=1S/C13H11BrN2O3S/c14-10-2-1-3-12(8-10)20(18,19)16-11-6-4-9(5-7-11)13(15)17/h1-8,16H,(H2,15,17). The van der Waals surface area contributed by atoms with Crippen LogP contribution in [0.1, 0.15) is 10.4 Å². The number of hydrogen-bond donors (Lipinski definition) is 2. The number of sulfonamides is 1. The Balaban J connectivity index is 2.26. The Morgan fingerprint density at radius 2 is 1.75 bits per heavy atom. The molecule has 0 unspecified atom stereocenters. The third-order valence-electron chi connectivity index (χ3n) is 2.53. The summed E-state index contributed by atoms with van der Waals surface area (Å²) in [7, 11) is -3.67. The zero-order valence-corrected chi connectivity index (χ0v) is 12.6. The lowest BCUT2D eigenvalue weighted by Gasteiger charge is -2.08. The molecule has 2 rings (SSSR count). The highest BCUT2D eigenvalue weighted by Gasteiger charge is 2.14. The van der Waals surface area contributed by atoms with E-state index in [1.165, 1.54) is 36.4 Å². The monoisotopic (exact) mass is 354 g/mol. The number of hydrogen-bond acceptors (Lipinski definition) is 3. The third kappa shape index (κ3) is 3.37. The van der Waals surface area contributed by atoms with E-state index in [1.807, 2.05) is 0 Å². The van der Waals surface area contributed by atoms with Crippen molar-refractivity contribution in [3.8, 4) is 0 Å². The van der Waals surface area contributed by atoms with Crippen LogP contribution in [0.5, 0.6) is 0 Å². The molecule has 0 bridgehead atoms. The average Bonchev–Trinajstić information content (AvgIpc) is 2.39. The SMILES string of the molecule is NC(=O)c1ccc(NS(=O)(=O)c2cccc(Br)c2)cc1. The van der Waals surface area contributed by atoms with Gasteiger partial charge in [0.2, 0.25) is 5.91 Å². The highest BCUT2D eigenvalue weighted by molar-refractivity contribution is 9.10. The molecule has 0 saturated heterocycles. The zero-order chi connectivity index (χ0) is 14.8. The molecule has 0 atom stereocenters. The fourth-order valence-electron chi connectivity index (χ4n) is 1.55. The highest BCUT2D eigenvalue weighted by atomic mass is 79.9. The summed E-state index contributed by atoms with van der Waals surface area (Å²) in [5, 5.41) is 0. The lowest BCUT2D eigenvalue weighted by Crippen LogP contribution is -2.14. The van der Waals surface area contributed by atoms with Crippen LogP contribution in [-0.4, -0.2) is 14.3 Å². The van der Waals surface area contributed by atoms with Crippen molar-refractivity contribution in [1.82, 2.24) is 0 Å². The molecule has 0 heterocycles. The van der Waals surface area contributed by atoms with Crippen molar-refractivity contribution >= 4 is 37.5 Å². The Bertz CT molecular complexity index is 742. The first-order valence-corrected chi connectivity index (χ1v) is 7.84. The van der Waals surface area contributed by atoms with E-state index in [0.717, 1.165) is 0 Å². The maximum Gasteiger partial charge on any atom is 0.261 e. The van der Waals surface area contributed by atoms with Crippen LogP contribution < -0.4 is 10.5 Å². The van der Waals surface area contributed by atoms with Crippen molar-refractivity contribution < 1.29 is 13.2 Å². The largest absolute Gasteiger partial charge is 0.366 e. The number of anilines is 1. The Hall–Kier alpha value is -1.86. The van der Waals surface area contributed by atoms with Crippen LogP contribution in [0.3, 0.4) is 0 Å². The average molecular weight is 355 g/mol. The summed E-state index contributed by atoms with van der Waals surface area (Å²) in [4.78, 5) is 11.1. The molecular formula is C13H11BrN2O3S. The molecule has 0 saturated carbocycles. The van der Waals surface area contributed by atoms with Crippen molar-refractivity contribution in [1.29, 1.82) is 0 Å². The second-order valence-corrected chi connectivity index (χ2v) is 6.60. The second kappa shape index (κ2) is 5.64. The Labute approximate surface area is 125 Å². The lowest BCUT2D eigenvalue weighted by molar-refractivity contribution is 0.100. The fraction of sp³-hybridized carbons (Fsp3) is 0. The predicted molar refractivity (Wildman–Crippen MR) is 79.9 cm³/mol. The van der Waals surface area contributed by atoms with Gasteiger partial charge in [0, 0.05) is 15.7 Å². The molecule has 0 spiro atoms. The quantitative estimate of drug-likeness (QED) is 0.882. The summed E-state index contributed by atoms with van der Waals surface area (Å²) in [5.74, 6) is -0.564. The Morgan fingerprint density at radius 3 is 2.30 bits per heavy atom. The van der Waals surface area contributed by atoms with E-state index in [9.17, 15) is 13.2 Å². The summed E-state index contributed by atoms with van der Waals surface area (Å²) in [5.41, 5.74) is 5.79. The number of rotatable bonds is 4. The molecule has 5 nitrogen and oxygen atoms in total. The fourth-order valence-corrected chi connectivity index (χ4v) is 3.21. The number of amides is 1. The van der Waals surface area contributed by atoms with Crippen LogP contribution in [0.15, 0.2) is 57.9 Å². The van der Waals surface area contributed by atoms with Crippen LogP contribution in [0.2, 0.25) is 0 Å². The van der Waals surface area contributed by atoms with Crippen molar-refractivity contribution in [2.24, 2.45) is 5.73 Å². The van der Waals surface area contributed by atoms with E-state index in [0.29, 0.717) is 15.7 Å². The van der Waals surface area contributed by atoms with Gasteiger partial charge in [0.25, 0.3) is 10.0 Å². The summed E-state index contributed by atoms with van der Waals surface area (Å²) >= 11 is 3.22. The molecule has 104 valence electrons. The molecule has 2 aromatic rings. The number of carbonyl (C=O) groups is 1. The smallest absolute Gasteiger partial charge is 0.261 e. The van der Waals surface area contributed by atoms with Crippen LogP contribution in [0, 0.1) is 0 Å². The predicted octanol–water partition coefficient (Wildman–Crippen LogP) is 2.35. The number of benzene rings is 2. The van der Waals surface area contributed by atoms with Crippen molar-refractivity contribution in [2.45, 2.75) is 4.90 Å². The van der Waals surface area contributed by atoms with Crippen LogP contribution >= 0.6 is 15.9 Å². The summed E-state index contributed by atoms with van der Waals surface area (Å²) in [6.07, 6.45) is 0. The summed E-state index contributed by atoms with van der Waals surface area (Å²) < 4.78 is 27.4. The summed E-state index contributed by atoms with van der Waals surface area (Å²) in [6, 6.07) is 12.2. The summed E-state index contributed by atoms with van der Waals surface area (Å²) in [6.45, 7) is 0. The maximum absolute atomic E-state index is 12.1. The molecule has 3 N–H and O–H groups in total. The number of carbonyl (C=O) groups excluding carboxylic acids is 1. The van der Waals surface area contributed by atoms with Crippen LogP contribution in [0.4, 0.5) is 5.69 Å². The topological polar surface area (TPSA) is 89.3 Å². The maximum atomic E-state index is 12.1. The Kier molecular flexibility index (Phi) is 4.10. The number of nitrogens with two attached hydrogens (primary N) is 1. The van der Waals surface area contributed by atoms with Crippen molar-refractivity contribution in [2.75, 3.05) is 4.72 Å². The lowest BCUT2D eigenvalue weighted by atomic mass is 10.2. The van der Waals surface area contributed by atoms with Gasteiger partial charge in [-0.3, -0.25) is 9.52 Å². The first-order chi connectivity index (χ1) is 9.38. The van der Waals surface area contributed by atoms with Gasteiger partial charge in [-0.1, -0.05) is 22.0 Å². The molecular weight excluding hydrogens is 344 g/mol. The van der Waals surface area contributed by atoms with Gasteiger partial charge in [-0.15, -0.1) is 0 Å². The molecule has 0 fully saturated rings. The third-order valence-corrected chi connectivity index (χ3v) is 4.40. The normalized spacial score (nSPS) is 11.1. The number of halogens is 1. The second-order valence-electron chi connectivity index (χ2n) is 4.00. The number of primary amides is 1. The Morgan fingerprint density at radius 1 is 1.10 bits per heavy atom. The van der Waals surface area contributed by atoms with E-state index in [2.05, 4.69) is 20.7 Å². The van der Waals surface area contributed by atoms with E-state index in [1.54, 1.807) is 12.1 Å². The molecule has 7 heteroatoms. The van der Waals surface area contributed by atoms with Gasteiger partial charge >= 0.3 is 0 Å². The minimum absolute atomic E-state index is 0.144. The minimum atomic E-state index is -3.67. The molecule has 0 aliphatic heterocycles. The van der Waals surface area contributed by atoms with Gasteiger partial charge in [-0.2, -0.15) is 0 Å². The molecule has 1 amide bonds. The zero-order valence-electron chi connectivity index (χ0n) is 10.2. The number of nitrogens with one attached hydrogen (secondary N) is 1. The van der Waals surface area contributed by atoms with E-state index < -0.39 is 15.9 Å². The van der Waals surface area contributed by atoms with E-state index in [-0.39, 0.29) is 4.90 Å². The van der Waals surface area contributed by atoms with E-state index >= 15 is 0 Å². The molecule has 0 aromatic heterocycles. The van der Waals surface area contributed by atoms with Gasteiger partial charge < -0.3 is 5.73 Å². The molecule has 0 aliphatic carbocycles. The molecule has 20 heavy (non-hydrogen) atoms. The molecule has 2 aromatic carbocycles. The van der Waals surface area contributed by atoms with Crippen LogP contribution in [0.25, 0.3) is 0 Å². The molecule has 0 aliphatic rings. The van der Waals surface area contributed by atoms with Crippen LogP contribution in [-0.2, 0) is 10.0 Å².